The molecule has 0 aliphatic carbocycles. The van der Waals surface area contributed by atoms with Gasteiger partial charge in [-0.2, -0.15) is 0 Å². The molecule has 1 heterocycles. The van der Waals surface area contributed by atoms with Crippen molar-refractivity contribution in [3.63, 3.8) is 0 Å². The smallest absolute Gasteiger partial charge is 0.251 e. The normalized spacial score (nSPS) is 10.6. The highest BCUT2D eigenvalue weighted by Gasteiger charge is 2.06. The van der Waals surface area contributed by atoms with Crippen LogP contribution in [0.25, 0.3) is 0 Å². The standard InChI is InChI=1S/C13H12ClFN2O/c1-8-4-13(18)17(7-12(8)16)6-9-2-3-10(14)5-11(9)15/h2-5,7H,6,16H2,1H3. The van der Waals surface area contributed by atoms with Gasteiger partial charge in [-0.3, -0.25) is 4.79 Å². The fraction of sp³-hybridized carbons (Fsp3) is 0.154. The number of rotatable bonds is 2. The summed E-state index contributed by atoms with van der Waals surface area (Å²) in [4.78, 5) is 11.7. The molecule has 0 amide bonds. The lowest BCUT2D eigenvalue weighted by atomic mass is 10.2. The summed E-state index contributed by atoms with van der Waals surface area (Å²) >= 11 is 5.67. The van der Waals surface area contributed by atoms with Gasteiger partial charge in [-0.25, -0.2) is 4.39 Å². The number of nitrogens with zero attached hydrogens (tertiary/aromatic N) is 1. The molecule has 1 aromatic heterocycles. The van der Waals surface area contributed by atoms with Crippen LogP contribution in [-0.2, 0) is 6.54 Å². The van der Waals surface area contributed by atoms with Crippen molar-refractivity contribution in [1.82, 2.24) is 4.57 Å². The highest BCUT2D eigenvalue weighted by atomic mass is 35.5. The van der Waals surface area contributed by atoms with Crippen LogP contribution in [0.3, 0.4) is 0 Å². The van der Waals surface area contributed by atoms with Crippen LogP contribution >= 0.6 is 11.6 Å². The lowest BCUT2D eigenvalue weighted by Crippen LogP contribution is -2.21. The lowest BCUT2D eigenvalue weighted by molar-refractivity contribution is 0.596. The first-order valence-corrected chi connectivity index (χ1v) is 5.75. The van der Waals surface area contributed by atoms with Gasteiger partial charge >= 0.3 is 0 Å². The van der Waals surface area contributed by atoms with Crippen molar-refractivity contribution >= 4 is 17.3 Å². The summed E-state index contributed by atoms with van der Waals surface area (Å²) < 4.78 is 15.0. The third-order valence-electron chi connectivity index (χ3n) is 2.73. The van der Waals surface area contributed by atoms with E-state index in [-0.39, 0.29) is 12.1 Å². The van der Waals surface area contributed by atoms with E-state index in [1.54, 1.807) is 19.1 Å². The Hall–Kier alpha value is -1.81. The molecular formula is C13H12ClFN2O. The van der Waals surface area contributed by atoms with Gasteiger partial charge in [0.05, 0.1) is 12.2 Å². The monoisotopic (exact) mass is 266 g/mol. The molecule has 0 unspecified atom stereocenters. The van der Waals surface area contributed by atoms with Crippen molar-refractivity contribution in [1.29, 1.82) is 0 Å². The first-order chi connectivity index (χ1) is 8.47. The Morgan fingerprint density at radius 1 is 1.39 bits per heavy atom. The molecule has 0 fully saturated rings. The van der Waals surface area contributed by atoms with Crippen molar-refractivity contribution in [2.75, 3.05) is 5.73 Å². The summed E-state index contributed by atoms with van der Waals surface area (Å²) in [7, 11) is 0. The molecule has 0 aliphatic heterocycles. The summed E-state index contributed by atoms with van der Waals surface area (Å²) in [6.45, 7) is 1.89. The predicted molar refractivity (Wildman–Crippen MR) is 70.4 cm³/mol. The Morgan fingerprint density at radius 2 is 2.11 bits per heavy atom. The molecule has 0 bridgehead atoms. The summed E-state index contributed by atoms with van der Waals surface area (Å²) in [6.07, 6.45) is 1.52. The predicted octanol–water partition coefficient (Wildman–Crippen LogP) is 2.58. The van der Waals surface area contributed by atoms with E-state index >= 15 is 0 Å². The summed E-state index contributed by atoms with van der Waals surface area (Å²) in [5.41, 5.74) is 7.13. The fourth-order valence-electron chi connectivity index (χ4n) is 1.64. The van der Waals surface area contributed by atoms with E-state index in [9.17, 15) is 9.18 Å². The quantitative estimate of drug-likeness (QED) is 0.908. The molecule has 1 aromatic carbocycles. The van der Waals surface area contributed by atoms with Crippen molar-refractivity contribution in [3.05, 3.63) is 62.8 Å². The number of hydrogen-bond donors (Lipinski definition) is 1. The van der Waals surface area contributed by atoms with Crippen LogP contribution < -0.4 is 11.3 Å². The minimum atomic E-state index is -0.437. The number of anilines is 1. The van der Waals surface area contributed by atoms with Crippen LogP contribution in [0.15, 0.2) is 35.3 Å². The minimum absolute atomic E-state index is 0.131. The first-order valence-electron chi connectivity index (χ1n) is 5.38. The maximum atomic E-state index is 13.6. The number of benzene rings is 1. The number of aryl methyl sites for hydroxylation is 1. The molecular weight excluding hydrogens is 255 g/mol. The van der Waals surface area contributed by atoms with Gasteiger partial charge in [0, 0.05) is 22.8 Å². The second kappa shape index (κ2) is 4.82. The van der Waals surface area contributed by atoms with E-state index in [0.717, 1.165) is 0 Å². The van der Waals surface area contributed by atoms with E-state index in [2.05, 4.69) is 0 Å². The summed E-state index contributed by atoms with van der Waals surface area (Å²) in [5.74, 6) is -0.437. The van der Waals surface area contributed by atoms with Gasteiger partial charge in [0.2, 0.25) is 0 Å². The van der Waals surface area contributed by atoms with Crippen LogP contribution in [0.5, 0.6) is 0 Å². The van der Waals surface area contributed by atoms with Crippen LogP contribution in [0, 0.1) is 12.7 Å². The third kappa shape index (κ3) is 2.54. The van der Waals surface area contributed by atoms with Crippen LogP contribution in [0.2, 0.25) is 5.02 Å². The molecule has 94 valence electrons. The number of hydrogen-bond acceptors (Lipinski definition) is 2. The average Bonchev–Trinajstić information content (AvgIpc) is 2.29. The van der Waals surface area contributed by atoms with E-state index in [1.165, 1.54) is 22.9 Å². The van der Waals surface area contributed by atoms with Crippen molar-refractivity contribution in [3.8, 4) is 0 Å². The maximum Gasteiger partial charge on any atom is 0.251 e. The zero-order valence-electron chi connectivity index (χ0n) is 9.78. The summed E-state index contributed by atoms with van der Waals surface area (Å²) in [5, 5.41) is 0.326. The molecule has 2 aromatic rings. The molecule has 0 saturated carbocycles. The van der Waals surface area contributed by atoms with E-state index in [0.29, 0.717) is 21.8 Å². The van der Waals surface area contributed by atoms with Crippen LogP contribution in [0.4, 0.5) is 10.1 Å². The molecule has 0 spiro atoms. The molecule has 18 heavy (non-hydrogen) atoms. The first kappa shape index (κ1) is 12.6. The number of aromatic nitrogens is 1. The molecule has 0 saturated heterocycles. The molecule has 2 N–H and O–H groups in total. The topological polar surface area (TPSA) is 48.0 Å². The fourth-order valence-corrected chi connectivity index (χ4v) is 1.80. The van der Waals surface area contributed by atoms with Gasteiger partial charge in [0.25, 0.3) is 5.56 Å². The van der Waals surface area contributed by atoms with E-state index in [4.69, 9.17) is 17.3 Å². The summed E-state index contributed by atoms with van der Waals surface area (Å²) in [6, 6.07) is 5.80. The van der Waals surface area contributed by atoms with E-state index in [1.807, 2.05) is 0 Å². The highest BCUT2D eigenvalue weighted by Crippen LogP contribution is 2.16. The van der Waals surface area contributed by atoms with Crippen molar-refractivity contribution in [2.24, 2.45) is 0 Å². The minimum Gasteiger partial charge on any atom is -0.397 e. The van der Waals surface area contributed by atoms with Gasteiger partial charge in [-0.1, -0.05) is 17.7 Å². The maximum absolute atomic E-state index is 13.6. The zero-order valence-corrected chi connectivity index (χ0v) is 10.5. The van der Waals surface area contributed by atoms with Crippen LogP contribution in [-0.4, -0.2) is 4.57 Å². The van der Waals surface area contributed by atoms with Gasteiger partial charge in [-0.15, -0.1) is 0 Å². The highest BCUT2D eigenvalue weighted by molar-refractivity contribution is 6.30. The Kier molecular flexibility index (Phi) is 3.39. The second-order valence-electron chi connectivity index (χ2n) is 4.11. The second-order valence-corrected chi connectivity index (χ2v) is 4.55. The largest absolute Gasteiger partial charge is 0.397 e. The molecule has 0 aliphatic rings. The molecule has 0 radical (unpaired) electrons. The molecule has 2 rings (SSSR count). The Labute approximate surface area is 109 Å². The Morgan fingerprint density at radius 3 is 2.78 bits per heavy atom. The number of nitrogen functional groups attached to an aromatic ring is 1. The average molecular weight is 267 g/mol. The van der Waals surface area contributed by atoms with Gasteiger partial charge in [-0.05, 0) is 24.6 Å². The number of halogens is 2. The van der Waals surface area contributed by atoms with Crippen molar-refractivity contribution in [2.45, 2.75) is 13.5 Å². The van der Waals surface area contributed by atoms with Gasteiger partial charge < -0.3 is 10.3 Å². The lowest BCUT2D eigenvalue weighted by Gasteiger charge is -2.09. The Balaban J connectivity index is 2.40. The SMILES string of the molecule is Cc1cc(=O)n(Cc2ccc(Cl)cc2F)cc1N. The number of nitrogens with two attached hydrogens (primary N) is 1. The molecule has 3 nitrogen and oxygen atoms in total. The van der Waals surface area contributed by atoms with Gasteiger partial charge in [0.15, 0.2) is 0 Å². The number of pyridine rings is 1. The van der Waals surface area contributed by atoms with Crippen molar-refractivity contribution < 1.29 is 4.39 Å². The van der Waals surface area contributed by atoms with Gasteiger partial charge in [0.1, 0.15) is 5.82 Å². The molecule has 5 heteroatoms. The van der Waals surface area contributed by atoms with E-state index < -0.39 is 5.82 Å². The third-order valence-corrected chi connectivity index (χ3v) is 2.96. The Bertz CT molecular complexity index is 652. The van der Waals surface area contributed by atoms with Crippen LogP contribution in [0.1, 0.15) is 11.1 Å². The zero-order chi connectivity index (χ0) is 13.3. The molecule has 0 atom stereocenters.